The highest BCUT2D eigenvalue weighted by molar-refractivity contribution is 9.10. The van der Waals surface area contributed by atoms with Gasteiger partial charge in [0.1, 0.15) is 5.82 Å². The van der Waals surface area contributed by atoms with Crippen molar-refractivity contribution in [3.8, 4) is 0 Å². The van der Waals surface area contributed by atoms with Crippen LogP contribution < -0.4 is 11.6 Å². The van der Waals surface area contributed by atoms with Gasteiger partial charge in [-0.2, -0.15) is 9.61 Å². The first-order valence-corrected chi connectivity index (χ1v) is 5.74. The van der Waals surface area contributed by atoms with Crippen molar-refractivity contribution in [3.63, 3.8) is 0 Å². The summed E-state index contributed by atoms with van der Waals surface area (Å²) in [6.07, 6.45) is 5.19. The van der Waals surface area contributed by atoms with E-state index in [9.17, 15) is 0 Å². The number of hydrogen-bond acceptors (Lipinski definition) is 5. The Hall–Kier alpha value is -1.60. The molecule has 0 radical (unpaired) electrons. The van der Waals surface area contributed by atoms with E-state index in [4.69, 9.17) is 11.6 Å². The Bertz CT molecular complexity index is 586. The van der Waals surface area contributed by atoms with Gasteiger partial charge in [-0.15, -0.1) is 0 Å². The molecule has 2 rings (SSSR count). The lowest BCUT2D eigenvalue weighted by atomic mass is 10.2. The van der Waals surface area contributed by atoms with Crippen LogP contribution in [0.25, 0.3) is 11.2 Å². The van der Waals surface area contributed by atoms with Crippen molar-refractivity contribution in [2.45, 2.75) is 6.92 Å². The summed E-state index contributed by atoms with van der Waals surface area (Å²) in [5, 5.41) is 5.69. The van der Waals surface area contributed by atoms with Crippen LogP contribution in [0.3, 0.4) is 0 Å². The Morgan fingerprint density at radius 3 is 2.88 bits per heavy atom. The first kappa shape index (κ1) is 11.9. The molecule has 0 atom stereocenters. The van der Waals surface area contributed by atoms with Gasteiger partial charge in [-0.25, -0.2) is 10.8 Å². The zero-order chi connectivity index (χ0) is 12.6. The summed E-state index contributed by atoms with van der Waals surface area (Å²) in [6, 6.07) is 0. The minimum atomic E-state index is 0.523. The van der Waals surface area contributed by atoms with Crippen molar-refractivity contribution in [3.05, 3.63) is 28.6 Å². The number of hydrazine groups is 1. The molecule has 0 saturated heterocycles. The van der Waals surface area contributed by atoms with Crippen LogP contribution in [-0.4, -0.2) is 26.7 Å². The third-order valence-electron chi connectivity index (χ3n) is 2.34. The molecule has 6 nitrogen and oxygen atoms in total. The predicted molar refractivity (Wildman–Crippen MR) is 70.7 cm³/mol. The van der Waals surface area contributed by atoms with Gasteiger partial charge in [0.2, 0.25) is 0 Å². The molecule has 2 aromatic heterocycles. The number of nitrogens with two attached hydrogens (primary N) is 2. The smallest absolute Gasteiger partial charge is 0.164 e. The third kappa shape index (κ3) is 2.11. The molecular weight excluding hydrogens is 284 g/mol. The molecular formula is C10H13BrN6. The van der Waals surface area contributed by atoms with Gasteiger partial charge < -0.3 is 10.7 Å². The average Bonchev–Trinajstić information content (AvgIpc) is 2.67. The maximum Gasteiger partial charge on any atom is 0.164 e. The molecule has 2 aromatic rings. The molecule has 7 heteroatoms. The summed E-state index contributed by atoms with van der Waals surface area (Å²) in [5.74, 6) is 6.10. The van der Waals surface area contributed by atoms with E-state index in [1.54, 1.807) is 30.2 Å². The maximum absolute atomic E-state index is 5.89. The fraction of sp³-hybridized carbons (Fsp3) is 0.200. The molecule has 2 heterocycles. The number of fused-ring (bicyclic) bond motifs is 1. The summed E-state index contributed by atoms with van der Waals surface area (Å²) in [4.78, 5) is 4.30. The Labute approximate surface area is 107 Å². The standard InChI is InChI=1S/C10H13BrN6/c1-6(5-16(2)13)7-3-15-17-9(12)8(11)4-14-10(7)17/h3-5H,12-13H2,1-2H3/b6-5+. The van der Waals surface area contributed by atoms with Crippen LogP contribution >= 0.6 is 15.9 Å². The highest BCUT2D eigenvalue weighted by atomic mass is 79.9. The van der Waals surface area contributed by atoms with E-state index in [-0.39, 0.29) is 0 Å². The lowest BCUT2D eigenvalue weighted by Gasteiger charge is -2.07. The molecule has 90 valence electrons. The molecule has 0 aliphatic rings. The Kier molecular flexibility index (Phi) is 3.03. The summed E-state index contributed by atoms with van der Waals surface area (Å²) in [5.41, 5.74) is 8.48. The molecule has 0 fully saturated rings. The van der Waals surface area contributed by atoms with Crippen LogP contribution in [0.1, 0.15) is 12.5 Å². The fourth-order valence-corrected chi connectivity index (χ4v) is 1.85. The number of aromatic nitrogens is 3. The number of allylic oxidation sites excluding steroid dienone is 1. The van der Waals surface area contributed by atoms with Crippen molar-refractivity contribution in [1.29, 1.82) is 0 Å². The number of anilines is 1. The topological polar surface area (TPSA) is 85.5 Å². The minimum Gasteiger partial charge on any atom is -0.383 e. The van der Waals surface area contributed by atoms with E-state index in [1.807, 2.05) is 6.92 Å². The zero-order valence-electron chi connectivity index (χ0n) is 9.55. The van der Waals surface area contributed by atoms with E-state index in [0.29, 0.717) is 11.5 Å². The van der Waals surface area contributed by atoms with Gasteiger partial charge in [-0.3, -0.25) is 0 Å². The molecule has 0 aromatic carbocycles. The second-order valence-electron chi connectivity index (χ2n) is 3.76. The average molecular weight is 297 g/mol. The van der Waals surface area contributed by atoms with Gasteiger partial charge in [0.25, 0.3) is 0 Å². The molecule has 17 heavy (non-hydrogen) atoms. The van der Waals surface area contributed by atoms with E-state index < -0.39 is 0 Å². The first-order valence-electron chi connectivity index (χ1n) is 4.94. The van der Waals surface area contributed by atoms with Gasteiger partial charge >= 0.3 is 0 Å². The van der Waals surface area contributed by atoms with Crippen LogP contribution in [0, 0.1) is 0 Å². The molecule has 0 amide bonds. The van der Waals surface area contributed by atoms with Gasteiger partial charge in [0, 0.05) is 25.0 Å². The Morgan fingerprint density at radius 1 is 1.53 bits per heavy atom. The lowest BCUT2D eigenvalue weighted by molar-refractivity contribution is 0.486. The summed E-state index contributed by atoms with van der Waals surface area (Å²) in [6.45, 7) is 1.94. The number of halogens is 1. The zero-order valence-corrected chi connectivity index (χ0v) is 11.1. The maximum atomic E-state index is 5.89. The van der Waals surface area contributed by atoms with E-state index in [0.717, 1.165) is 15.6 Å². The van der Waals surface area contributed by atoms with Gasteiger partial charge in [-0.1, -0.05) is 0 Å². The largest absolute Gasteiger partial charge is 0.383 e. The Balaban J connectivity index is 2.62. The SMILES string of the molecule is C/C(=C\N(C)N)c1cnn2c(N)c(Br)cnc12. The van der Waals surface area contributed by atoms with E-state index >= 15 is 0 Å². The predicted octanol–water partition coefficient (Wildman–Crippen LogP) is 1.24. The molecule has 0 bridgehead atoms. The van der Waals surface area contributed by atoms with Crippen molar-refractivity contribution in [2.75, 3.05) is 12.8 Å². The molecule has 0 unspecified atom stereocenters. The van der Waals surface area contributed by atoms with Crippen molar-refractivity contribution in [1.82, 2.24) is 19.6 Å². The van der Waals surface area contributed by atoms with Crippen LogP contribution in [0.4, 0.5) is 5.82 Å². The number of hydrogen-bond donors (Lipinski definition) is 2. The fourth-order valence-electron chi connectivity index (χ4n) is 1.58. The minimum absolute atomic E-state index is 0.523. The van der Waals surface area contributed by atoms with Crippen LogP contribution in [0.15, 0.2) is 23.1 Å². The number of nitrogen functional groups attached to an aromatic ring is 1. The highest BCUT2D eigenvalue weighted by Crippen LogP contribution is 2.24. The van der Waals surface area contributed by atoms with Crippen molar-refractivity contribution in [2.24, 2.45) is 5.84 Å². The summed E-state index contributed by atoms with van der Waals surface area (Å²) < 4.78 is 2.31. The summed E-state index contributed by atoms with van der Waals surface area (Å²) in [7, 11) is 1.76. The Morgan fingerprint density at radius 2 is 2.24 bits per heavy atom. The molecule has 0 saturated carbocycles. The normalized spacial score (nSPS) is 12.1. The third-order valence-corrected chi connectivity index (χ3v) is 2.95. The molecule has 0 aliphatic heterocycles. The second kappa shape index (κ2) is 4.34. The van der Waals surface area contributed by atoms with Crippen molar-refractivity contribution < 1.29 is 0 Å². The highest BCUT2D eigenvalue weighted by Gasteiger charge is 2.11. The number of nitrogens with zero attached hydrogens (tertiary/aromatic N) is 4. The summed E-state index contributed by atoms with van der Waals surface area (Å²) >= 11 is 3.31. The quantitative estimate of drug-likeness (QED) is 0.643. The van der Waals surface area contributed by atoms with E-state index in [2.05, 4.69) is 26.0 Å². The second-order valence-corrected chi connectivity index (χ2v) is 4.62. The van der Waals surface area contributed by atoms with Gasteiger partial charge in [0.05, 0.1) is 10.7 Å². The van der Waals surface area contributed by atoms with Crippen LogP contribution in [0.5, 0.6) is 0 Å². The van der Waals surface area contributed by atoms with Crippen LogP contribution in [0.2, 0.25) is 0 Å². The first-order chi connectivity index (χ1) is 8.00. The molecule has 0 spiro atoms. The van der Waals surface area contributed by atoms with Gasteiger partial charge in [-0.05, 0) is 28.4 Å². The molecule has 0 aliphatic carbocycles. The van der Waals surface area contributed by atoms with Crippen LogP contribution in [-0.2, 0) is 0 Å². The monoisotopic (exact) mass is 296 g/mol. The van der Waals surface area contributed by atoms with Crippen molar-refractivity contribution >= 4 is 33.0 Å². The number of rotatable bonds is 2. The van der Waals surface area contributed by atoms with E-state index in [1.165, 1.54) is 5.01 Å². The molecule has 4 N–H and O–H groups in total. The lowest BCUT2D eigenvalue weighted by Crippen LogP contribution is -2.18. The van der Waals surface area contributed by atoms with Gasteiger partial charge in [0.15, 0.2) is 5.65 Å².